The molecule has 2 aromatic rings. The molecule has 1 N–H and O–H groups in total. The Kier molecular flexibility index (Phi) is 5.79. The van der Waals surface area contributed by atoms with Gasteiger partial charge in [-0.3, -0.25) is 4.79 Å². The van der Waals surface area contributed by atoms with Crippen LogP contribution >= 0.6 is 0 Å². The van der Waals surface area contributed by atoms with E-state index in [4.69, 9.17) is 4.74 Å². The van der Waals surface area contributed by atoms with Gasteiger partial charge in [0.25, 0.3) is 5.91 Å². The summed E-state index contributed by atoms with van der Waals surface area (Å²) in [5.74, 6) is -0.765. The van der Waals surface area contributed by atoms with E-state index in [2.05, 4.69) is 17.4 Å². The minimum atomic E-state index is -0.852. The summed E-state index contributed by atoms with van der Waals surface area (Å²) >= 11 is 0. The molecule has 0 aliphatic heterocycles. The highest BCUT2D eigenvalue weighted by molar-refractivity contribution is 5.93. The highest BCUT2D eigenvalue weighted by Gasteiger charge is 2.25. The summed E-state index contributed by atoms with van der Waals surface area (Å²) in [7, 11) is 3.81. The van der Waals surface area contributed by atoms with E-state index in [1.54, 1.807) is 25.1 Å². The van der Waals surface area contributed by atoms with E-state index < -0.39 is 12.1 Å². The zero-order valence-corrected chi connectivity index (χ0v) is 16.1. The van der Waals surface area contributed by atoms with E-state index in [0.29, 0.717) is 5.56 Å². The van der Waals surface area contributed by atoms with Crippen LogP contribution in [0.5, 0.6) is 0 Å². The van der Waals surface area contributed by atoms with Gasteiger partial charge >= 0.3 is 5.97 Å². The Morgan fingerprint density at radius 3 is 2.70 bits per heavy atom. The molecule has 1 aliphatic rings. The van der Waals surface area contributed by atoms with Crippen molar-refractivity contribution in [3.63, 3.8) is 0 Å². The summed E-state index contributed by atoms with van der Waals surface area (Å²) in [4.78, 5) is 26.9. The predicted molar refractivity (Wildman–Crippen MR) is 106 cm³/mol. The maximum absolute atomic E-state index is 12.6. The lowest BCUT2D eigenvalue weighted by Crippen LogP contribution is -2.39. The highest BCUT2D eigenvalue weighted by atomic mass is 16.5. The van der Waals surface area contributed by atoms with Gasteiger partial charge in [-0.05, 0) is 55.5 Å². The second-order valence-electron chi connectivity index (χ2n) is 7.14. The lowest BCUT2D eigenvalue weighted by Gasteiger charge is -2.27. The molecule has 0 spiro atoms. The molecular formula is C22H26N2O3. The minimum Gasteiger partial charge on any atom is -0.449 e. The smallest absolute Gasteiger partial charge is 0.338 e. The predicted octanol–water partition coefficient (Wildman–Crippen LogP) is 3.49. The largest absolute Gasteiger partial charge is 0.449 e. The van der Waals surface area contributed by atoms with Crippen molar-refractivity contribution in [2.75, 3.05) is 19.0 Å². The summed E-state index contributed by atoms with van der Waals surface area (Å²) in [6, 6.07) is 15.3. The van der Waals surface area contributed by atoms with Crippen LogP contribution in [0.3, 0.4) is 0 Å². The van der Waals surface area contributed by atoms with Crippen molar-refractivity contribution in [3.8, 4) is 0 Å². The zero-order chi connectivity index (χ0) is 19.4. The third-order valence-corrected chi connectivity index (χ3v) is 4.94. The van der Waals surface area contributed by atoms with Crippen LogP contribution < -0.4 is 10.2 Å². The molecule has 1 aliphatic carbocycles. The molecule has 0 bridgehead atoms. The number of amides is 1. The molecule has 1 amide bonds. The third-order valence-electron chi connectivity index (χ3n) is 4.94. The second-order valence-corrected chi connectivity index (χ2v) is 7.14. The van der Waals surface area contributed by atoms with Crippen LogP contribution in [0.1, 0.15) is 47.3 Å². The molecule has 27 heavy (non-hydrogen) atoms. The van der Waals surface area contributed by atoms with Gasteiger partial charge in [0, 0.05) is 19.8 Å². The van der Waals surface area contributed by atoms with E-state index in [1.165, 1.54) is 5.56 Å². The number of rotatable bonds is 5. The molecule has 2 atom stereocenters. The van der Waals surface area contributed by atoms with Gasteiger partial charge in [0.2, 0.25) is 0 Å². The van der Waals surface area contributed by atoms with Gasteiger partial charge in [-0.2, -0.15) is 0 Å². The molecule has 0 aromatic heterocycles. The van der Waals surface area contributed by atoms with Crippen molar-refractivity contribution in [1.82, 2.24) is 5.32 Å². The molecule has 0 saturated heterocycles. The number of nitrogens with zero attached hydrogens (tertiary/aromatic N) is 1. The number of benzene rings is 2. The summed E-state index contributed by atoms with van der Waals surface area (Å²) < 4.78 is 5.39. The quantitative estimate of drug-likeness (QED) is 0.823. The lowest BCUT2D eigenvalue weighted by atomic mass is 9.87. The average Bonchev–Trinajstić information content (AvgIpc) is 2.68. The third kappa shape index (κ3) is 4.48. The molecule has 0 radical (unpaired) electrons. The van der Waals surface area contributed by atoms with Gasteiger partial charge in [0.1, 0.15) is 0 Å². The Morgan fingerprint density at radius 1 is 1.15 bits per heavy atom. The Labute approximate surface area is 160 Å². The number of hydrogen-bond donors (Lipinski definition) is 1. The van der Waals surface area contributed by atoms with Crippen molar-refractivity contribution < 1.29 is 14.3 Å². The van der Waals surface area contributed by atoms with Crippen LogP contribution in [0, 0.1) is 0 Å². The Bertz CT molecular complexity index is 832. The number of ether oxygens (including phenoxy) is 1. The first-order valence-corrected chi connectivity index (χ1v) is 9.32. The first-order valence-electron chi connectivity index (χ1n) is 9.32. The topological polar surface area (TPSA) is 58.6 Å². The van der Waals surface area contributed by atoms with E-state index in [-0.39, 0.29) is 11.9 Å². The molecule has 2 aromatic carbocycles. The molecule has 5 nitrogen and oxygen atoms in total. The SMILES string of the molecule is CC(OC(=O)c1cccc(N(C)C)c1)C(=O)NC1CCCc2ccccc21. The Hall–Kier alpha value is -2.82. The number of carbonyl (C=O) groups is 2. The lowest BCUT2D eigenvalue weighted by molar-refractivity contribution is -0.130. The van der Waals surface area contributed by atoms with Crippen molar-refractivity contribution in [1.29, 1.82) is 0 Å². The number of carbonyl (C=O) groups excluding carboxylic acids is 2. The zero-order valence-electron chi connectivity index (χ0n) is 16.1. The van der Waals surface area contributed by atoms with Crippen LogP contribution in [0.2, 0.25) is 0 Å². The molecule has 2 unspecified atom stereocenters. The van der Waals surface area contributed by atoms with Crippen LogP contribution in [0.4, 0.5) is 5.69 Å². The maximum Gasteiger partial charge on any atom is 0.338 e. The number of esters is 1. The normalized spacial score (nSPS) is 16.8. The molecule has 142 valence electrons. The molecule has 0 fully saturated rings. The van der Waals surface area contributed by atoms with E-state index >= 15 is 0 Å². The average molecular weight is 366 g/mol. The van der Waals surface area contributed by atoms with Crippen molar-refractivity contribution in [3.05, 3.63) is 65.2 Å². The number of aryl methyl sites for hydroxylation is 1. The summed E-state index contributed by atoms with van der Waals surface area (Å²) in [5.41, 5.74) is 3.78. The minimum absolute atomic E-state index is 0.0272. The Morgan fingerprint density at radius 2 is 1.93 bits per heavy atom. The number of nitrogens with one attached hydrogen (secondary N) is 1. The number of anilines is 1. The monoisotopic (exact) mass is 366 g/mol. The standard InChI is InChI=1S/C22H26N2O3/c1-15(27-22(26)17-10-6-11-18(14-17)24(2)3)21(25)23-20-13-7-9-16-8-4-5-12-19(16)20/h4-6,8,10-12,14-15,20H,7,9,13H2,1-3H3,(H,23,25). The first kappa shape index (κ1) is 19.0. The van der Waals surface area contributed by atoms with Crippen molar-refractivity contribution in [2.45, 2.75) is 38.3 Å². The molecule has 0 saturated carbocycles. The Balaban J connectivity index is 1.63. The van der Waals surface area contributed by atoms with Crippen LogP contribution in [-0.2, 0) is 16.0 Å². The fourth-order valence-corrected chi connectivity index (χ4v) is 3.39. The molecule has 5 heteroatoms. The van der Waals surface area contributed by atoms with E-state index in [0.717, 1.165) is 30.5 Å². The summed E-state index contributed by atoms with van der Waals surface area (Å²) in [6.07, 6.45) is 2.12. The van der Waals surface area contributed by atoms with Gasteiger partial charge in [0.15, 0.2) is 6.10 Å². The fraction of sp³-hybridized carbons (Fsp3) is 0.364. The second kappa shape index (κ2) is 8.25. The van der Waals surface area contributed by atoms with E-state index in [9.17, 15) is 9.59 Å². The summed E-state index contributed by atoms with van der Waals surface area (Å²) in [6.45, 7) is 1.61. The maximum atomic E-state index is 12.6. The van der Waals surface area contributed by atoms with Crippen molar-refractivity contribution in [2.24, 2.45) is 0 Å². The molecule has 3 rings (SSSR count). The van der Waals surface area contributed by atoms with Gasteiger partial charge in [0.05, 0.1) is 11.6 Å². The number of fused-ring (bicyclic) bond motifs is 1. The first-order chi connectivity index (χ1) is 13.0. The molecule has 0 heterocycles. The molecular weight excluding hydrogens is 340 g/mol. The number of hydrogen-bond acceptors (Lipinski definition) is 4. The van der Waals surface area contributed by atoms with Crippen LogP contribution in [0.15, 0.2) is 48.5 Å². The van der Waals surface area contributed by atoms with Crippen LogP contribution in [-0.4, -0.2) is 32.1 Å². The van der Waals surface area contributed by atoms with E-state index in [1.807, 2.05) is 37.2 Å². The van der Waals surface area contributed by atoms with Crippen LogP contribution in [0.25, 0.3) is 0 Å². The highest BCUT2D eigenvalue weighted by Crippen LogP contribution is 2.29. The van der Waals surface area contributed by atoms with Gasteiger partial charge in [-0.1, -0.05) is 30.3 Å². The fourth-order valence-electron chi connectivity index (χ4n) is 3.39. The van der Waals surface area contributed by atoms with Crippen molar-refractivity contribution >= 4 is 17.6 Å². The summed E-state index contributed by atoms with van der Waals surface area (Å²) in [5, 5.41) is 3.04. The van der Waals surface area contributed by atoms with Gasteiger partial charge < -0.3 is 15.0 Å². The van der Waals surface area contributed by atoms with Gasteiger partial charge in [-0.15, -0.1) is 0 Å². The van der Waals surface area contributed by atoms with Gasteiger partial charge in [-0.25, -0.2) is 4.79 Å².